The lowest BCUT2D eigenvalue weighted by Gasteiger charge is -2.08. The zero-order valence-corrected chi connectivity index (χ0v) is 15.4. The summed E-state index contributed by atoms with van der Waals surface area (Å²) in [6, 6.07) is 15.7. The van der Waals surface area contributed by atoms with Gasteiger partial charge in [-0.05, 0) is 12.0 Å². The summed E-state index contributed by atoms with van der Waals surface area (Å²) in [4.78, 5) is 25.4. The highest BCUT2D eigenvalue weighted by atomic mass is 32.1. The molecule has 132 valence electrons. The number of carbonyl (C=O) groups excluding carboxylic acids is 2. The molecule has 1 amide bonds. The van der Waals surface area contributed by atoms with Gasteiger partial charge >= 0.3 is 0 Å². The Morgan fingerprint density at radius 3 is 2.31 bits per heavy atom. The third kappa shape index (κ3) is 4.21. The molecule has 6 heteroatoms. The second kappa shape index (κ2) is 8.01. The van der Waals surface area contributed by atoms with Crippen LogP contribution in [0.25, 0.3) is 0 Å². The maximum absolute atomic E-state index is 12.7. The van der Waals surface area contributed by atoms with E-state index in [0.29, 0.717) is 27.7 Å². The second-order valence-corrected chi connectivity index (χ2v) is 7.36. The molecule has 26 heavy (non-hydrogen) atoms. The molecule has 5 nitrogen and oxygen atoms in total. The third-order valence-corrected chi connectivity index (χ3v) is 4.58. The van der Waals surface area contributed by atoms with Crippen LogP contribution in [0.5, 0.6) is 0 Å². The summed E-state index contributed by atoms with van der Waals surface area (Å²) in [6.45, 7) is 4.20. The van der Waals surface area contributed by atoms with Crippen LogP contribution in [0.15, 0.2) is 54.6 Å². The lowest BCUT2D eigenvalue weighted by molar-refractivity contribution is 0.0996. The van der Waals surface area contributed by atoms with Crippen molar-refractivity contribution in [2.24, 2.45) is 5.92 Å². The SMILES string of the molecule is CC(C)Cc1nnc(NC(=O)c2ccccc2C(=O)c2ccccc2)s1. The maximum atomic E-state index is 12.7. The lowest BCUT2D eigenvalue weighted by atomic mass is 9.98. The fourth-order valence-electron chi connectivity index (χ4n) is 2.52. The van der Waals surface area contributed by atoms with Gasteiger partial charge in [0.1, 0.15) is 5.01 Å². The summed E-state index contributed by atoms with van der Waals surface area (Å²) < 4.78 is 0. The van der Waals surface area contributed by atoms with Gasteiger partial charge in [-0.15, -0.1) is 10.2 Å². The van der Waals surface area contributed by atoms with Gasteiger partial charge in [-0.25, -0.2) is 0 Å². The Morgan fingerprint density at radius 2 is 1.62 bits per heavy atom. The van der Waals surface area contributed by atoms with Crippen molar-refractivity contribution in [3.05, 3.63) is 76.3 Å². The fraction of sp³-hybridized carbons (Fsp3) is 0.200. The quantitative estimate of drug-likeness (QED) is 0.664. The first kappa shape index (κ1) is 17.9. The van der Waals surface area contributed by atoms with E-state index < -0.39 is 0 Å². The molecule has 0 bridgehead atoms. The normalized spacial score (nSPS) is 10.7. The van der Waals surface area contributed by atoms with Crippen LogP contribution in [0, 0.1) is 5.92 Å². The van der Waals surface area contributed by atoms with E-state index in [1.807, 2.05) is 6.07 Å². The molecule has 1 N–H and O–H groups in total. The van der Waals surface area contributed by atoms with Gasteiger partial charge < -0.3 is 0 Å². The molecule has 0 unspecified atom stereocenters. The molecule has 0 aliphatic rings. The minimum atomic E-state index is -0.364. The molecule has 0 atom stereocenters. The van der Waals surface area contributed by atoms with E-state index in [2.05, 4.69) is 29.4 Å². The molecule has 0 spiro atoms. The van der Waals surface area contributed by atoms with Crippen molar-refractivity contribution >= 4 is 28.2 Å². The van der Waals surface area contributed by atoms with Crippen LogP contribution in [0.2, 0.25) is 0 Å². The lowest BCUT2D eigenvalue weighted by Crippen LogP contribution is -2.16. The van der Waals surface area contributed by atoms with Crippen molar-refractivity contribution in [3.63, 3.8) is 0 Å². The first-order valence-electron chi connectivity index (χ1n) is 8.37. The van der Waals surface area contributed by atoms with Gasteiger partial charge in [-0.2, -0.15) is 0 Å². The van der Waals surface area contributed by atoms with E-state index in [4.69, 9.17) is 0 Å². The molecule has 2 aromatic carbocycles. The number of rotatable bonds is 6. The molecule has 0 aliphatic carbocycles. The van der Waals surface area contributed by atoms with Crippen molar-refractivity contribution < 1.29 is 9.59 Å². The number of ketones is 1. The number of nitrogens with one attached hydrogen (secondary N) is 1. The van der Waals surface area contributed by atoms with Crippen molar-refractivity contribution in [1.29, 1.82) is 0 Å². The van der Waals surface area contributed by atoms with Crippen LogP contribution in [0.4, 0.5) is 5.13 Å². The summed E-state index contributed by atoms with van der Waals surface area (Å²) in [7, 11) is 0. The summed E-state index contributed by atoms with van der Waals surface area (Å²) >= 11 is 1.36. The Bertz CT molecular complexity index is 920. The topological polar surface area (TPSA) is 72.0 Å². The van der Waals surface area contributed by atoms with Gasteiger partial charge in [0.05, 0.1) is 5.56 Å². The van der Waals surface area contributed by atoms with Crippen LogP contribution in [-0.2, 0) is 6.42 Å². The van der Waals surface area contributed by atoms with Crippen LogP contribution >= 0.6 is 11.3 Å². The maximum Gasteiger partial charge on any atom is 0.258 e. The van der Waals surface area contributed by atoms with Crippen LogP contribution in [0.3, 0.4) is 0 Å². The molecule has 0 saturated heterocycles. The van der Waals surface area contributed by atoms with Gasteiger partial charge in [0, 0.05) is 17.5 Å². The Labute approximate surface area is 156 Å². The summed E-state index contributed by atoms with van der Waals surface area (Å²) in [5, 5.41) is 12.2. The highest BCUT2D eigenvalue weighted by Gasteiger charge is 2.19. The molecule has 0 fully saturated rings. The minimum Gasteiger partial charge on any atom is -0.296 e. The number of anilines is 1. The second-order valence-electron chi connectivity index (χ2n) is 6.29. The first-order valence-corrected chi connectivity index (χ1v) is 9.18. The van der Waals surface area contributed by atoms with Crippen molar-refractivity contribution in [2.45, 2.75) is 20.3 Å². The van der Waals surface area contributed by atoms with E-state index >= 15 is 0 Å². The molecule has 0 radical (unpaired) electrons. The number of nitrogens with zero attached hydrogens (tertiary/aromatic N) is 2. The average Bonchev–Trinajstić information content (AvgIpc) is 3.07. The van der Waals surface area contributed by atoms with Crippen molar-refractivity contribution in [3.8, 4) is 0 Å². The molecular weight excluding hydrogens is 346 g/mol. The number of carbonyl (C=O) groups is 2. The number of benzene rings is 2. The first-order chi connectivity index (χ1) is 12.5. The molecule has 0 saturated carbocycles. The summed E-state index contributed by atoms with van der Waals surface area (Å²) in [5.74, 6) is -0.0815. The predicted octanol–water partition coefficient (Wildman–Crippen LogP) is 4.22. The molecule has 1 aromatic heterocycles. The number of aromatic nitrogens is 2. The molecule has 0 aliphatic heterocycles. The summed E-state index contributed by atoms with van der Waals surface area (Å²) in [6.07, 6.45) is 0.816. The molecular formula is C20H19N3O2S. The van der Waals surface area contributed by atoms with Crippen LogP contribution in [-0.4, -0.2) is 21.9 Å². The minimum absolute atomic E-state index is 0.186. The zero-order chi connectivity index (χ0) is 18.5. The average molecular weight is 365 g/mol. The Kier molecular flexibility index (Phi) is 5.53. The number of hydrogen-bond acceptors (Lipinski definition) is 5. The Hall–Kier alpha value is -2.86. The number of hydrogen-bond donors (Lipinski definition) is 1. The third-order valence-electron chi connectivity index (χ3n) is 3.72. The fourth-order valence-corrected chi connectivity index (χ4v) is 3.47. The van der Waals surface area contributed by atoms with Crippen LogP contribution < -0.4 is 5.32 Å². The van der Waals surface area contributed by atoms with Crippen LogP contribution in [0.1, 0.15) is 45.1 Å². The molecule has 1 heterocycles. The predicted molar refractivity (Wildman–Crippen MR) is 103 cm³/mol. The molecule has 3 rings (SSSR count). The van der Waals surface area contributed by atoms with E-state index in [-0.39, 0.29) is 11.7 Å². The van der Waals surface area contributed by atoms with E-state index in [1.165, 1.54) is 11.3 Å². The Balaban J connectivity index is 1.82. The Morgan fingerprint density at radius 1 is 0.962 bits per heavy atom. The van der Waals surface area contributed by atoms with E-state index in [0.717, 1.165) is 11.4 Å². The van der Waals surface area contributed by atoms with Gasteiger partial charge in [-0.1, -0.05) is 73.7 Å². The largest absolute Gasteiger partial charge is 0.296 e. The standard InChI is InChI=1S/C20H19N3O2S/c1-13(2)12-17-22-23-20(26-17)21-19(25)16-11-7-6-10-15(16)18(24)14-8-4-3-5-9-14/h3-11,13H,12H2,1-2H3,(H,21,23,25). The van der Waals surface area contributed by atoms with Crippen molar-refractivity contribution in [2.75, 3.05) is 5.32 Å². The van der Waals surface area contributed by atoms with E-state index in [1.54, 1.807) is 48.5 Å². The molecule has 3 aromatic rings. The number of amides is 1. The zero-order valence-electron chi connectivity index (χ0n) is 14.6. The van der Waals surface area contributed by atoms with Gasteiger partial charge in [-0.3, -0.25) is 14.9 Å². The monoisotopic (exact) mass is 365 g/mol. The van der Waals surface area contributed by atoms with Crippen molar-refractivity contribution in [1.82, 2.24) is 10.2 Å². The highest BCUT2D eigenvalue weighted by molar-refractivity contribution is 7.15. The smallest absolute Gasteiger partial charge is 0.258 e. The van der Waals surface area contributed by atoms with Gasteiger partial charge in [0.15, 0.2) is 5.78 Å². The van der Waals surface area contributed by atoms with Gasteiger partial charge in [0.2, 0.25) is 5.13 Å². The summed E-state index contributed by atoms with van der Waals surface area (Å²) in [5.41, 5.74) is 1.23. The highest BCUT2D eigenvalue weighted by Crippen LogP contribution is 2.21. The van der Waals surface area contributed by atoms with E-state index in [9.17, 15) is 9.59 Å². The van der Waals surface area contributed by atoms with Gasteiger partial charge in [0.25, 0.3) is 5.91 Å².